The maximum absolute atomic E-state index is 3.03. The molecule has 9 aromatic rings. The average Bonchev–Trinajstić information content (AvgIpc) is 3.23. The van der Waals surface area contributed by atoms with Crippen molar-refractivity contribution >= 4 is 69.2 Å². The fourth-order valence-corrected chi connectivity index (χ4v) is 12.0. The second-order valence-corrected chi connectivity index (χ2v) is 17.3. The van der Waals surface area contributed by atoms with Crippen LogP contribution in [0.1, 0.15) is 5.56 Å². The molecule has 4 heteroatoms. The summed E-state index contributed by atoms with van der Waals surface area (Å²) in [5.74, 6) is 0. The van der Waals surface area contributed by atoms with Gasteiger partial charge in [0, 0.05) is 0 Å². The van der Waals surface area contributed by atoms with Gasteiger partial charge >= 0.3 is 16.5 Å². The van der Waals surface area contributed by atoms with Crippen LogP contribution in [0.5, 0.6) is 0 Å². The number of halogens is 1. The van der Waals surface area contributed by atoms with Crippen LogP contribution < -0.4 is 44.2 Å². The topological polar surface area (TPSA) is 0 Å². The Morgan fingerprint density at radius 2 is 0.673 bits per heavy atom. The van der Waals surface area contributed by atoms with Gasteiger partial charge in [-0.2, -0.15) is 35.9 Å². The van der Waals surface area contributed by atoms with E-state index in [4.69, 9.17) is 0 Å². The van der Waals surface area contributed by atoms with Crippen molar-refractivity contribution in [1.82, 2.24) is 0 Å². The Kier molecular flexibility index (Phi) is 13.9. The zero-order valence-electron chi connectivity index (χ0n) is 30.4. The van der Waals surface area contributed by atoms with E-state index in [-0.39, 0.29) is 28.9 Å². The first-order chi connectivity index (χ1) is 26.3. The monoisotopic (exact) mass is 806 g/mol. The first-order valence-electron chi connectivity index (χ1n) is 18.0. The Morgan fingerprint density at radius 3 is 0.982 bits per heavy atom. The van der Waals surface area contributed by atoms with Crippen molar-refractivity contribution in [2.45, 2.75) is 6.92 Å². The summed E-state index contributed by atoms with van der Waals surface area (Å²) in [4.78, 5) is 0. The predicted octanol–water partition coefficient (Wildman–Crippen LogP) is 7.97. The molecule has 0 spiro atoms. The number of hydrogen-bond acceptors (Lipinski definition) is 0. The molecule has 9 aromatic carbocycles. The summed E-state index contributed by atoms with van der Waals surface area (Å²) in [6.07, 6.45) is 0. The number of aryl methyl sites for hydroxylation is 1. The number of rotatable bonds is 7. The molecule has 0 atom stereocenters. The summed E-state index contributed by atoms with van der Waals surface area (Å²) in [6, 6.07) is 82.8. The molecule has 0 saturated heterocycles. The molecule has 0 amide bonds. The van der Waals surface area contributed by atoms with Crippen LogP contribution in [0, 0.1) is 13.0 Å². The molecule has 0 saturated carbocycles. The number of benzene rings is 9. The zero-order valence-corrected chi connectivity index (χ0v) is 33.9. The van der Waals surface area contributed by atoms with Gasteiger partial charge in [0.25, 0.3) is 0 Å². The molecule has 0 aliphatic carbocycles. The van der Waals surface area contributed by atoms with Gasteiger partial charge in [0.2, 0.25) is 0 Å². The van der Waals surface area contributed by atoms with E-state index < -0.39 is 15.8 Å². The molecular formula is C51H39ClNiP2. The van der Waals surface area contributed by atoms with Gasteiger partial charge in [-0.1, -0.05) is 201 Å². The standard InChI is InChI=1S/C44H32P2.C7H7.ClH.Ni/c1-5-19-35(20-6-1)45(36-21-7-2-8-22-36)41-31-29-33-17-13-15-27-39(33)43(41)44-40-28-16-14-18-34(40)30-32-42(44)46(37-23-9-3-10-24-37)38-25-11-4-12-26-38;1-7-5-3-2-4-6-7;;/h1-32H;2-5H,1H3;1H;/q;-1;;+2/p-1. The van der Waals surface area contributed by atoms with Gasteiger partial charge in [0.05, 0.1) is 0 Å². The third-order valence-electron chi connectivity index (χ3n) is 9.47. The van der Waals surface area contributed by atoms with Crippen LogP contribution in [-0.2, 0) is 16.5 Å². The molecule has 0 nitrogen and oxygen atoms in total. The minimum absolute atomic E-state index is 0. The fourth-order valence-electron chi connectivity index (χ4n) is 7.06. The van der Waals surface area contributed by atoms with E-state index in [2.05, 4.69) is 200 Å². The van der Waals surface area contributed by atoms with Crippen molar-refractivity contribution in [3.63, 3.8) is 0 Å². The Morgan fingerprint density at radius 1 is 0.345 bits per heavy atom. The second-order valence-electron chi connectivity index (χ2n) is 12.9. The Balaban J connectivity index is 0.000000517. The molecule has 0 aliphatic rings. The third kappa shape index (κ3) is 8.84. The molecule has 0 N–H and O–H groups in total. The summed E-state index contributed by atoms with van der Waals surface area (Å²) in [7, 11) is -1.70. The smallest absolute Gasteiger partial charge is 1.00 e. The van der Waals surface area contributed by atoms with Gasteiger partial charge in [-0.25, -0.2) is 0 Å². The molecule has 0 aliphatic heterocycles. The van der Waals surface area contributed by atoms with Crippen molar-refractivity contribution in [3.8, 4) is 11.1 Å². The second kappa shape index (κ2) is 19.1. The minimum Gasteiger partial charge on any atom is -1.00 e. The van der Waals surface area contributed by atoms with E-state index >= 15 is 0 Å². The van der Waals surface area contributed by atoms with Gasteiger partial charge in [-0.15, -0.1) is 0 Å². The van der Waals surface area contributed by atoms with Crippen molar-refractivity contribution < 1.29 is 28.9 Å². The van der Waals surface area contributed by atoms with Crippen molar-refractivity contribution in [2.24, 2.45) is 0 Å². The summed E-state index contributed by atoms with van der Waals surface area (Å²) >= 11 is 0. The van der Waals surface area contributed by atoms with E-state index in [1.165, 1.54) is 70.1 Å². The van der Waals surface area contributed by atoms with E-state index in [0.717, 1.165) is 0 Å². The Labute approximate surface area is 344 Å². The largest absolute Gasteiger partial charge is 2.00 e. The van der Waals surface area contributed by atoms with Crippen molar-refractivity contribution in [1.29, 1.82) is 0 Å². The molecule has 270 valence electrons. The van der Waals surface area contributed by atoms with E-state index in [0.29, 0.717) is 0 Å². The Bertz CT molecular complexity index is 2320. The Hall–Kier alpha value is -4.86. The average molecular weight is 808 g/mol. The van der Waals surface area contributed by atoms with Crippen LogP contribution in [0.2, 0.25) is 0 Å². The summed E-state index contributed by atoms with van der Waals surface area (Å²) < 4.78 is 0. The SMILES string of the molecule is Cc1[c-]cccc1.[Cl-].[Ni+2].c1ccc(P(c2ccccc2)c2ccc3ccccc3c2-c2c(P(c3ccccc3)c3ccccc3)ccc3ccccc23)cc1. The normalized spacial score (nSPS) is 10.7. The van der Waals surface area contributed by atoms with Crippen LogP contribution in [0.4, 0.5) is 0 Å². The molecule has 0 aromatic heterocycles. The fraction of sp³-hybridized carbons (Fsp3) is 0.0196. The maximum Gasteiger partial charge on any atom is 2.00 e. The van der Waals surface area contributed by atoms with Crippen LogP contribution in [0.25, 0.3) is 32.7 Å². The molecule has 0 bridgehead atoms. The predicted molar refractivity (Wildman–Crippen MR) is 234 cm³/mol. The van der Waals surface area contributed by atoms with Crippen LogP contribution in [0.15, 0.2) is 218 Å². The molecule has 9 rings (SSSR count). The van der Waals surface area contributed by atoms with E-state index in [1.54, 1.807) is 0 Å². The van der Waals surface area contributed by atoms with E-state index in [1.807, 2.05) is 31.2 Å². The zero-order chi connectivity index (χ0) is 35.8. The molecule has 0 fully saturated rings. The van der Waals surface area contributed by atoms with Gasteiger partial charge < -0.3 is 12.4 Å². The molecule has 55 heavy (non-hydrogen) atoms. The van der Waals surface area contributed by atoms with Gasteiger partial charge in [0.1, 0.15) is 0 Å². The van der Waals surface area contributed by atoms with Crippen LogP contribution >= 0.6 is 15.8 Å². The van der Waals surface area contributed by atoms with Crippen molar-refractivity contribution in [2.75, 3.05) is 0 Å². The van der Waals surface area contributed by atoms with Crippen molar-refractivity contribution in [3.05, 3.63) is 230 Å². The van der Waals surface area contributed by atoms with E-state index in [9.17, 15) is 0 Å². The molecule has 0 radical (unpaired) electrons. The summed E-state index contributed by atoms with van der Waals surface area (Å²) in [6.45, 7) is 2.03. The number of hydrogen-bond donors (Lipinski definition) is 0. The quantitative estimate of drug-likeness (QED) is 0.0872. The van der Waals surface area contributed by atoms with Crippen LogP contribution in [0.3, 0.4) is 0 Å². The number of fused-ring (bicyclic) bond motifs is 2. The summed E-state index contributed by atoms with van der Waals surface area (Å²) in [5, 5.41) is 13.3. The molecular weight excluding hydrogens is 769 g/mol. The molecule has 0 heterocycles. The third-order valence-corrected chi connectivity index (χ3v) is 14.4. The van der Waals surface area contributed by atoms with Gasteiger partial charge in [-0.05, 0) is 80.3 Å². The molecule has 0 unspecified atom stereocenters. The van der Waals surface area contributed by atoms with Gasteiger partial charge in [0.15, 0.2) is 0 Å². The van der Waals surface area contributed by atoms with Crippen LogP contribution in [-0.4, -0.2) is 0 Å². The maximum atomic E-state index is 3.03. The van der Waals surface area contributed by atoms with Gasteiger partial charge in [-0.3, -0.25) is 0 Å². The summed E-state index contributed by atoms with van der Waals surface area (Å²) in [5.41, 5.74) is 3.90. The first kappa shape index (κ1) is 39.8. The minimum atomic E-state index is -0.852. The first-order valence-corrected chi connectivity index (χ1v) is 20.7.